The van der Waals surface area contributed by atoms with E-state index in [4.69, 9.17) is 9.47 Å². The number of hydrogen-bond donors (Lipinski definition) is 1. The number of anilines is 1. The Morgan fingerprint density at radius 2 is 1.93 bits per heavy atom. The highest BCUT2D eigenvalue weighted by molar-refractivity contribution is 5.89. The number of amides is 2. The van der Waals surface area contributed by atoms with Gasteiger partial charge >= 0.3 is 0 Å². The van der Waals surface area contributed by atoms with Crippen LogP contribution in [0.25, 0.3) is 0 Å². The first-order valence-electron chi connectivity index (χ1n) is 10.4. The topological polar surface area (TPSA) is 98.6 Å². The lowest BCUT2D eigenvalue weighted by Crippen LogP contribution is -2.39. The van der Waals surface area contributed by atoms with Gasteiger partial charge in [0.2, 0.25) is 17.8 Å². The van der Waals surface area contributed by atoms with Crippen LogP contribution < -0.4 is 14.8 Å². The fourth-order valence-electron chi connectivity index (χ4n) is 3.87. The van der Waals surface area contributed by atoms with Crippen LogP contribution in [-0.4, -0.2) is 57.8 Å². The number of benzene rings is 1. The molecule has 2 aromatic rings. The lowest BCUT2D eigenvalue weighted by molar-refractivity contribution is -0.132. The minimum absolute atomic E-state index is 0.0791. The molecule has 3 heterocycles. The van der Waals surface area contributed by atoms with Gasteiger partial charge < -0.3 is 14.4 Å². The summed E-state index contributed by atoms with van der Waals surface area (Å²) in [6.45, 7) is 2.52. The Kier molecular flexibility index (Phi) is 6.15. The molecule has 0 saturated carbocycles. The molecule has 1 aromatic carbocycles. The van der Waals surface area contributed by atoms with Crippen LogP contribution >= 0.6 is 0 Å². The van der Waals surface area contributed by atoms with E-state index in [1.807, 2.05) is 23.1 Å². The van der Waals surface area contributed by atoms with Gasteiger partial charge in [-0.25, -0.2) is 4.98 Å². The predicted molar refractivity (Wildman–Crippen MR) is 109 cm³/mol. The van der Waals surface area contributed by atoms with Gasteiger partial charge in [-0.05, 0) is 42.9 Å². The Balaban J connectivity index is 1.19. The van der Waals surface area contributed by atoms with E-state index in [1.54, 1.807) is 18.1 Å². The first kappa shape index (κ1) is 20.2. The normalized spacial score (nSPS) is 16.4. The number of carbonyl (C=O) groups is 2. The number of carbonyl (C=O) groups excluding carboxylic acids is 2. The van der Waals surface area contributed by atoms with Crippen molar-refractivity contribution in [2.24, 2.45) is 13.0 Å². The number of nitrogens with zero attached hydrogens (tertiary/aromatic N) is 4. The van der Waals surface area contributed by atoms with E-state index in [2.05, 4.69) is 15.4 Å². The largest absolute Gasteiger partial charge is 0.486 e. The molecule has 1 aromatic heterocycles. The van der Waals surface area contributed by atoms with Crippen LogP contribution in [0, 0.1) is 5.92 Å². The third kappa shape index (κ3) is 5.08. The zero-order valence-electron chi connectivity index (χ0n) is 17.2. The molecule has 0 aliphatic carbocycles. The summed E-state index contributed by atoms with van der Waals surface area (Å²) in [4.78, 5) is 30.7. The van der Waals surface area contributed by atoms with Crippen molar-refractivity contribution in [3.63, 3.8) is 0 Å². The average Bonchev–Trinajstić information content (AvgIpc) is 3.16. The summed E-state index contributed by atoms with van der Waals surface area (Å²) in [5.74, 6) is 2.20. The Morgan fingerprint density at radius 1 is 1.17 bits per heavy atom. The third-order valence-electron chi connectivity index (χ3n) is 5.53. The van der Waals surface area contributed by atoms with Crippen molar-refractivity contribution in [1.82, 2.24) is 19.7 Å². The number of rotatable bonds is 6. The molecule has 2 aliphatic rings. The third-order valence-corrected chi connectivity index (χ3v) is 5.53. The Bertz CT molecular complexity index is 905. The molecule has 0 atom stereocenters. The zero-order valence-corrected chi connectivity index (χ0v) is 17.2. The minimum atomic E-state index is -0.0791. The lowest BCUT2D eigenvalue weighted by atomic mass is 9.93. The molecule has 2 aliphatic heterocycles. The second-order valence-electron chi connectivity index (χ2n) is 7.80. The summed E-state index contributed by atoms with van der Waals surface area (Å²) in [6, 6.07) is 5.86. The van der Waals surface area contributed by atoms with Gasteiger partial charge in [-0.15, -0.1) is 5.10 Å². The highest BCUT2D eigenvalue weighted by Crippen LogP contribution is 2.31. The minimum Gasteiger partial charge on any atom is -0.486 e. The van der Waals surface area contributed by atoms with Gasteiger partial charge in [0, 0.05) is 33.0 Å². The standard InChI is InChI=1S/C21H27N5O4/c1-25-14-22-21(24-25)23-19(27)13-16-6-8-26(9-7-16)20(28)5-3-15-2-4-17-18(12-15)30-11-10-29-17/h2,4,12,14,16H,3,5-11,13H2,1H3,(H,23,24,27). The predicted octanol–water partition coefficient (Wildman–Crippen LogP) is 1.79. The zero-order chi connectivity index (χ0) is 20.9. The van der Waals surface area contributed by atoms with Crippen LogP contribution in [0.4, 0.5) is 5.95 Å². The van der Waals surface area contributed by atoms with Crippen LogP contribution in [0.3, 0.4) is 0 Å². The van der Waals surface area contributed by atoms with Crippen LogP contribution in [0.15, 0.2) is 24.5 Å². The van der Waals surface area contributed by atoms with Gasteiger partial charge in [-0.3, -0.25) is 19.6 Å². The summed E-state index contributed by atoms with van der Waals surface area (Å²) in [5.41, 5.74) is 1.07. The Morgan fingerprint density at radius 3 is 2.67 bits per heavy atom. The van der Waals surface area contributed by atoms with Crippen molar-refractivity contribution in [2.45, 2.75) is 32.1 Å². The molecule has 9 nitrogen and oxygen atoms in total. The molecule has 4 rings (SSSR count). The summed E-state index contributed by atoms with van der Waals surface area (Å²) in [5, 5.41) is 6.78. The first-order valence-corrected chi connectivity index (χ1v) is 10.4. The average molecular weight is 413 g/mol. The molecule has 1 saturated heterocycles. The van der Waals surface area contributed by atoms with E-state index in [0.29, 0.717) is 51.5 Å². The summed E-state index contributed by atoms with van der Waals surface area (Å²) in [6.07, 6.45) is 4.78. The van der Waals surface area contributed by atoms with E-state index in [9.17, 15) is 9.59 Å². The fraction of sp³-hybridized carbons (Fsp3) is 0.524. The molecule has 2 amide bonds. The fourth-order valence-corrected chi connectivity index (χ4v) is 3.87. The lowest BCUT2D eigenvalue weighted by Gasteiger charge is -2.31. The Labute approximate surface area is 175 Å². The van der Waals surface area contributed by atoms with Gasteiger partial charge in [-0.2, -0.15) is 0 Å². The molecule has 0 spiro atoms. The van der Waals surface area contributed by atoms with Crippen LogP contribution in [0.2, 0.25) is 0 Å². The number of likely N-dealkylation sites (tertiary alicyclic amines) is 1. The van der Waals surface area contributed by atoms with E-state index in [-0.39, 0.29) is 17.7 Å². The molecule has 160 valence electrons. The maximum atomic E-state index is 12.6. The highest BCUT2D eigenvalue weighted by Gasteiger charge is 2.24. The van der Waals surface area contributed by atoms with Gasteiger partial charge in [0.1, 0.15) is 19.5 Å². The van der Waals surface area contributed by atoms with E-state index in [0.717, 1.165) is 29.9 Å². The summed E-state index contributed by atoms with van der Waals surface area (Å²) >= 11 is 0. The molecule has 0 unspecified atom stereocenters. The van der Waals surface area contributed by atoms with E-state index >= 15 is 0 Å². The second kappa shape index (κ2) is 9.15. The molecule has 30 heavy (non-hydrogen) atoms. The number of hydrogen-bond acceptors (Lipinski definition) is 6. The number of nitrogens with one attached hydrogen (secondary N) is 1. The van der Waals surface area contributed by atoms with Crippen LogP contribution in [-0.2, 0) is 23.1 Å². The van der Waals surface area contributed by atoms with E-state index < -0.39 is 0 Å². The van der Waals surface area contributed by atoms with Gasteiger partial charge in [0.15, 0.2) is 11.5 Å². The van der Waals surface area contributed by atoms with E-state index in [1.165, 1.54) is 0 Å². The van der Waals surface area contributed by atoms with Crippen LogP contribution in [0.1, 0.15) is 31.2 Å². The SMILES string of the molecule is Cn1cnc(NC(=O)CC2CCN(C(=O)CCc3ccc4c(c3)OCCO4)CC2)n1. The second-order valence-corrected chi connectivity index (χ2v) is 7.80. The van der Waals surface area contributed by atoms with Crippen molar-refractivity contribution in [3.8, 4) is 11.5 Å². The first-order chi connectivity index (χ1) is 14.6. The molecule has 0 radical (unpaired) electrons. The number of ether oxygens (including phenoxy) is 2. The van der Waals surface area contributed by atoms with Crippen LogP contribution in [0.5, 0.6) is 11.5 Å². The number of aromatic nitrogens is 3. The number of fused-ring (bicyclic) bond motifs is 1. The van der Waals surface area contributed by atoms with Gasteiger partial charge in [0.05, 0.1) is 0 Å². The monoisotopic (exact) mass is 413 g/mol. The van der Waals surface area contributed by atoms with Crippen molar-refractivity contribution in [2.75, 3.05) is 31.6 Å². The molecular formula is C21H27N5O4. The molecule has 9 heteroatoms. The Hall–Kier alpha value is -3.10. The smallest absolute Gasteiger partial charge is 0.248 e. The maximum absolute atomic E-state index is 12.6. The van der Waals surface area contributed by atoms with Crippen molar-refractivity contribution in [3.05, 3.63) is 30.1 Å². The van der Waals surface area contributed by atoms with Crippen molar-refractivity contribution in [1.29, 1.82) is 0 Å². The highest BCUT2D eigenvalue weighted by atomic mass is 16.6. The summed E-state index contributed by atoms with van der Waals surface area (Å²) < 4.78 is 12.7. The number of piperidine rings is 1. The summed E-state index contributed by atoms with van der Waals surface area (Å²) in [7, 11) is 1.75. The van der Waals surface area contributed by atoms with Crippen molar-refractivity contribution >= 4 is 17.8 Å². The van der Waals surface area contributed by atoms with Crippen molar-refractivity contribution < 1.29 is 19.1 Å². The maximum Gasteiger partial charge on any atom is 0.248 e. The van der Waals surface area contributed by atoms with Gasteiger partial charge in [-0.1, -0.05) is 6.07 Å². The molecular weight excluding hydrogens is 386 g/mol. The van der Waals surface area contributed by atoms with Gasteiger partial charge in [0.25, 0.3) is 0 Å². The molecule has 1 N–H and O–H groups in total. The molecule has 1 fully saturated rings. The quantitative estimate of drug-likeness (QED) is 0.775. The number of aryl methyl sites for hydroxylation is 2. The molecule has 0 bridgehead atoms.